The van der Waals surface area contributed by atoms with Crippen LogP contribution >= 0.6 is 0 Å². The molecule has 0 atom stereocenters. The van der Waals surface area contributed by atoms with Crippen LogP contribution in [-0.4, -0.2) is 53.0 Å². The molecule has 0 aliphatic heterocycles. The summed E-state index contributed by atoms with van der Waals surface area (Å²) in [7, 11) is -8.79. The van der Waals surface area contributed by atoms with Crippen molar-refractivity contribution in [3.8, 4) is 5.75 Å². The zero-order valence-electron chi connectivity index (χ0n) is 20.1. The van der Waals surface area contributed by atoms with Crippen molar-refractivity contribution in [1.29, 1.82) is 0 Å². The van der Waals surface area contributed by atoms with Gasteiger partial charge in [-0.3, -0.25) is 4.18 Å². The Kier molecular flexibility index (Phi) is 15.3. The van der Waals surface area contributed by atoms with Gasteiger partial charge in [0.15, 0.2) is 5.75 Å². The first kappa shape index (κ1) is 31.1. The Bertz CT molecular complexity index is 1030. The van der Waals surface area contributed by atoms with Crippen molar-refractivity contribution in [1.82, 2.24) is 0 Å². The normalized spacial score (nSPS) is 11.7. The van der Waals surface area contributed by atoms with Crippen LogP contribution in [0.1, 0.15) is 71.1 Å². The maximum atomic E-state index is 12.7. The van der Waals surface area contributed by atoms with Crippen molar-refractivity contribution in [3.63, 3.8) is 0 Å². The van der Waals surface area contributed by atoms with Gasteiger partial charge in [0.1, 0.15) is 9.79 Å². The van der Waals surface area contributed by atoms with Crippen LogP contribution in [0.2, 0.25) is 0 Å². The Morgan fingerprint density at radius 3 is 1.65 bits per heavy atom. The third-order valence-corrected chi connectivity index (χ3v) is 7.73. The number of benzene rings is 2. The summed E-state index contributed by atoms with van der Waals surface area (Å²) in [6, 6.07) is 13.2. The maximum Gasteiger partial charge on any atom is 0.333 e. The molecule has 7 nitrogen and oxygen atoms in total. The molecule has 0 spiro atoms. The van der Waals surface area contributed by atoms with Gasteiger partial charge < -0.3 is 4.89 Å². The van der Waals surface area contributed by atoms with Crippen LogP contribution < -0.4 is 4.89 Å². The molecule has 0 unspecified atom stereocenters. The van der Waals surface area contributed by atoms with Gasteiger partial charge in [-0.2, -0.15) is 16.8 Å². The second kappa shape index (κ2) is 16.7. The molecule has 0 aliphatic rings. The van der Waals surface area contributed by atoms with Gasteiger partial charge in [-0.25, -0.2) is 0 Å². The molecule has 0 aromatic heterocycles. The van der Waals surface area contributed by atoms with E-state index < -0.39 is 30.0 Å². The minimum Gasteiger partial charge on any atom is -0.321 e. The first-order chi connectivity index (χ1) is 15.9. The van der Waals surface area contributed by atoms with E-state index in [2.05, 4.69) is 11.3 Å². The summed E-state index contributed by atoms with van der Waals surface area (Å²) in [5.74, 6) is 0.165. The third kappa shape index (κ3) is 11.2. The van der Waals surface area contributed by atoms with Crippen LogP contribution in [0.25, 0.3) is 0 Å². The average molecular weight is 522 g/mol. The number of unbranched alkanes of at least 4 members (excludes halogenated alkanes) is 9. The van der Waals surface area contributed by atoms with E-state index in [-0.39, 0.29) is 41.9 Å². The molecule has 0 amide bonds. The Labute approximate surface area is 226 Å². The van der Waals surface area contributed by atoms with Crippen LogP contribution in [0.4, 0.5) is 0 Å². The van der Waals surface area contributed by atoms with E-state index in [0.717, 1.165) is 25.3 Å². The van der Waals surface area contributed by atoms with Gasteiger partial charge in [-0.1, -0.05) is 99.4 Å². The molecule has 0 heterocycles. The number of para-hydroxylation sites is 1. The van der Waals surface area contributed by atoms with Crippen molar-refractivity contribution in [3.05, 3.63) is 54.6 Å². The predicted molar refractivity (Wildman–Crippen MR) is 133 cm³/mol. The third-order valence-electron chi connectivity index (χ3n) is 5.09. The van der Waals surface area contributed by atoms with E-state index in [1.807, 2.05) is 0 Å². The fourth-order valence-electron chi connectivity index (χ4n) is 3.28. The van der Waals surface area contributed by atoms with Crippen molar-refractivity contribution in [2.45, 2.75) is 80.9 Å². The van der Waals surface area contributed by atoms with Crippen molar-refractivity contribution >= 4 is 49.8 Å². The molecular weight excluding hydrogens is 487 g/mol. The summed E-state index contributed by atoms with van der Waals surface area (Å²) in [5.41, 5.74) is 0. The average Bonchev–Trinajstić information content (AvgIpc) is 2.82. The maximum absolute atomic E-state index is 12.7. The Balaban J connectivity index is 0.00000578. The SMILES string of the molecule is CCCCCCCCCCCCOS(=O)(=O)c1ccccc1S(=O)(=O)OOc1ccccc1.[Na]. The smallest absolute Gasteiger partial charge is 0.321 e. The van der Waals surface area contributed by atoms with Gasteiger partial charge in [0, 0.05) is 29.6 Å². The number of rotatable bonds is 17. The van der Waals surface area contributed by atoms with Crippen LogP contribution in [0.5, 0.6) is 5.75 Å². The summed E-state index contributed by atoms with van der Waals surface area (Å²) in [5, 5.41) is 0. The number of hydrogen-bond donors (Lipinski definition) is 0. The monoisotopic (exact) mass is 521 g/mol. The van der Waals surface area contributed by atoms with Crippen LogP contribution in [0, 0.1) is 0 Å². The second-order valence-corrected chi connectivity index (χ2v) is 10.9. The van der Waals surface area contributed by atoms with E-state index in [1.165, 1.54) is 68.9 Å². The van der Waals surface area contributed by atoms with Crippen molar-refractivity contribution in [2.24, 2.45) is 0 Å². The molecule has 185 valence electrons. The molecule has 0 bridgehead atoms. The molecule has 0 N–H and O–H groups in total. The zero-order valence-corrected chi connectivity index (χ0v) is 23.8. The fraction of sp³-hybridized carbons (Fsp3) is 0.500. The summed E-state index contributed by atoms with van der Waals surface area (Å²) in [6.07, 6.45) is 11.1. The first-order valence-corrected chi connectivity index (χ1v) is 14.3. The van der Waals surface area contributed by atoms with Gasteiger partial charge in [-0.05, 0) is 30.7 Å². The van der Waals surface area contributed by atoms with Crippen LogP contribution in [-0.2, 0) is 28.8 Å². The van der Waals surface area contributed by atoms with Gasteiger partial charge in [0.05, 0.1) is 6.61 Å². The van der Waals surface area contributed by atoms with Crippen LogP contribution in [0.15, 0.2) is 64.4 Å². The molecule has 0 saturated heterocycles. The number of hydrogen-bond acceptors (Lipinski definition) is 7. The van der Waals surface area contributed by atoms with Gasteiger partial charge in [0.2, 0.25) is 0 Å². The summed E-state index contributed by atoms with van der Waals surface area (Å²) in [4.78, 5) is 3.83. The molecule has 0 fully saturated rings. The first-order valence-electron chi connectivity index (χ1n) is 11.5. The standard InChI is InChI=1S/C24H34O7S2.Na/c1-2-3-4-5-6-7-8-9-10-16-21-29-32(25,26)23-19-14-15-20-24(23)33(27,28)31-30-22-17-12-11-13-18-22;/h11-15,17-20H,2-10,16,21H2,1H3;. The van der Waals surface area contributed by atoms with Gasteiger partial charge >= 0.3 is 10.1 Å². The van der Waals surface area contributed by atoms with Gasteiger partial charge in [0.25, 0.3) is 10.1 Å². The predicted octanol–water partition coefficient (Wildman–Crippen LogP) is 5.63. The van der Waals surface area contributed by atoms with Crippen molar-refractivity contribution in [2.75, 3.05) is 6.61 Å². The largest absolute Gasteiger partial charge is 0.333 e. The van der Waals surface area contributed by atoms with E-state index >= 15 is 0 Å². The second-order valence-electron chi connectivity index (χ2n) is 7.82. The Morgan fingerprint density at radius 1 is 0.618 bits per heavy atom. The molecule has 34 heavy (non-hydrogen) atoms. The quantitative estimate of drug-likeness (QED) is 0.0875. The zero-order chi connectivity index (χ0) is 24.0. The molecule has 2 aromatic rings. The van der Waals surface area contributed by atoms with E-state index in [1.54, 1.807) is 18.2 Å². The molecule has 1 radical (unpaired) electrons. The van der Waals surface area contributed by atoms with E-state index in [4.69, 9.17) is 9.07 Å². The topological polar surface area (TPSA) is 96.0 Å². The van der Waals surface area contributed by atoms with Gasteiger partial charge in [-0.15, -0.1) is 0 Å². The molecule has 10 heteroatoms. The minimum absolute atomic E-state index is 0. The summed E-state index contributed by atoms with van der Waals surface area (Å²) >= 11 is 0. The Hall–Kier alpha value is -0.940. The molecular formula is C24H34NaO7S2. The minimum atomic E-state index is -4.51. The summed E-state index contributed by atoms with van der Waals surface area (Å²) < 4.78 is 60.1. The summed E-state index contributed by atoms with van der Waals surface area (Å²) in [6.45, 7) is 2.20. The Morgan fingerprint density at radius 2 is 1.09 bits per heavy atom. The van der Waals surface area contributed by atoms with Crippen LogP contribution in [0.3, 0.4) is 0 Å². The molecule has 2 rings (SSSR count). The fourth-order valence-corrected chi connectivity index (χ4v) is 5.72. The molecule has 0 aliphatic carbocycles. The van der Waals surface area contributed by atoms with Crippen molar-refractivity contribution < 1.29 is 30.2 Å². The molecule has 0 saturated carbocycles. The van der Waals surface area contributed by atoms with E-state index in [9.17, 15) is 16.8 Å². The molecule has 2 aromatic carbocycles. The van der Waals surface area contributed by atoms with E-state index in [0.29, 0.717) is 6.42 Å².